The zero-order chi connectivity index (χ0) is 11.5. The van der Waals surface area contributed by atoms with Crippen molar-refractivity contribution in [3.63, 3.8) is 0 Å². The maximum atomic E-state index is 11.7. The van der Waals surface area contributed by atoms with Gasteiger partial charge >= 0.3 is 0 Å². The minimum absolute atomic E-state index is 0.127. The molecule has 0 spiro atoms. The number of aryl methyl sites for hydroxylation is 1. The lowest BCUT2D eigenvalue weighted by Crippen LogP contribution is -2.10. The fraction of sp³-hybridized carbons (Fsp3) is 0.0909. The van der Waals surface area contributed by atoms with Gasteiger partial charge in [-0.25, -0.2) is 0 Å². The van der Waals surface area contributed by atoms with Crippen molar-refractivity contribution in [2.45, 2.75) is 6.92 Å². The normalized spacial score (nSPS) is 10.1. The van der Waals surface area contributed by atoms with Crippen molar-refractivity contribution in [2.24, 2.45) is 0 Å². The highest BCUT2D eigenvalue weighted by atomic mass is 79.9. The van der Waals surface area contributed by atoms with Crippen LogP contribution in [0.15, 0.2) is 34.4 Å². The molecule has 1 aromatic heterocycles. The van der Waals surface area contributed by atoms with E-state index in [1.54, 1.807) is 11.7 Å². The van der Waals surface area contributed by atoms with Crippen molar-refractivity contribution >= 4 is 38.9 Å². The molecule has 2 rings (SSSR count). The first-order chi connectivity index (χ1) is 7.66. The Hall–Kier alpha value is -1.20. The molecule has 2 aromatic rings. The number of carbonyl (C=O) groups excluding carboxylic acids is 1. The van der Waals surface area contributed by atoms with Gasteiger partial charge in [-0.15, -0.1) is 11.3 Å². The molecule has 82 valence electrons. The maximum Gasteiger partial charge on any atom is 0.267 e. The van der Waals surface area contributed by atoms with E-state index in [0.717, 1.165) is 15.7 Å². The highest BCUT2D eigenvalue weighted by Gasteiger charge is 2.07. The zero-order valence-corrected chi connectivity index (χ0v) is 10.9. The van der Waals surface area contributed by atoms with Crippen LogP contribution in [0.4, 0.5) is 5.69 Å². The van der Waals surface area contributed by atoms with E-state index in [0.29, 0.717) is 4.88 Å². The molecule has 1 amide bonds. The zero-order valence-electron chi connectivity index (χ0n) is 8.53. The van der Waals surface area contributed by atoms with Gasteiger partial charge in [0.25, 0.3) is 5.91 Å². The Morgan fingerprint density at radius 3 is 2.94 bits per heavy atom. The van der Waals surface area contributed by atoms with E-state index in [9.17, 15) is 4.79 Å². The minimum atomic E-state index is -0.127. The van der Waals surface area contributed by atoms with Gasteiger partial charge in [-0.2, -0.15) is 0 Å². The first-order valence-corrected chi connectivity index (χ1v) is 6.30. The van der Waals surface area contributed by atoms with Crippen LogP contribution >= 0.6 is 27.3 Å². The lowest BCUT2D eigenvalue weighted by molar-refractivity contribution is 0.103. The van der Waals surface area contributed by atoms with Gasteiger partial charge in [0.2, 0.25) is 0 Å². The van der Waals surface area contributed by atoms with Crippen LogP contribution in [0.3, 0.4) is 0 Å². The second-order valence-corrected chi connectivity index (χ2v) is 5.02. The van der Waals surface area contributed by atoms with Crippen LogP contribution in [0.5, 0.6) is 0 Å². The number of carbonyl (C=O) groups is 1. The molecule has 0 fully saturated rings. The molecule has 1 heterocycles. The van der Waals surface area contributed by atoms with Crippen molar-refractivity contribution < 1.29 is 4.79 Å². The smallest absolute Gasteiger partial charge is 0.267 e. The standard InChI is InChI=1S/C11H9BrN2OS/c1-7-2-3-8(4-9(7)12)14-11(15)10-5-13-6-16-10/h2-6H,1H3,(H,14,15). The second-order valence-electron chi connectivity index (χ2n) is 3.28. The number of nitrogens with one attached hydrogen (secondary N) is 1. The van der Waals surface area contributed by atoms with E-state index in [1.165, 1.54) is 11.3 Å². The summed E-state index contributed by atoms with van der Waals surface area (Å²) < 4.78 is 0.981. The van der Waals surface area contributed by atoms with Crippen LogP contribution in [-0.2, 0) is 0 Å². The molecule has 16 heavy (non-hydrogen) atoms. The molecule has 0 aliphatic carbocycles. The fourth-order valence-corrected chi connectivity index (χ4v) is 2.09. The number of amides is 1. The van der Waals surface area contributed by atoms with Crippen molar-refractivity contribution in [3.8, 4) is 0 Å². The molecule has 0 aliphatic heterocycles. The van der Waals surface area contributed by atoms with E-state index in [2.05, 4.69) is 26.2 Å². The lowest BCUT2D eigenvalue weighted by Gasteiger charge is -2.05. The van der Waals surface area contributed by atoms with Crippen LogP contribution in [0.1, 0.15) is 15.2 Å². The van der Waals surface area contributed by atoms with Crippen LogP contribution < -0.4 is 5.32 Å². The average Bonchev–Trinajstić information content (AvgIpc) is 2.77. The molecular weight excluding hydrogens is 288 g/mol. The number of aromatic nitrogens is 1. The van der Waals surface area contributed by atoms with Gasteiger partial charge in [0.05, 0.1) is 11.7 Å². The van der Waals surface area contributed by atoms with Crippen molar-refractivity contribution in [2.75, 3.05) is 5.32 Å². The molecule has 1 N–H and O–H groups in total. The van der Waals surface area contributed by atoms with Crippen LogP contribution in [0.25, 0.3) is 0 Å². The molecule has 0 unspecified atom stereocenters. The summed E-state index contributed by atoms with van der Waals surface area (Å²) in [6.45, 7) is 2.00. The quantitative estimate of drug-likeness (QED) is 0.922. The summed E-state index contributed by atoms with van der Waals surface area (Å²) in [6.07, 6.45) is 1.56. The Morgan fingerprint density at radius 2 is 2.31 bits per heavy atom. The first-order valence-electron chi connectivity index (χ1n) is 4.63. The third kappa shape index (κ3) is 2.48. The third-order valence-electron chi connectivity index (χ3n) is 2.09. The topological polar surface area (TPSA) is 42.0 Å². The van der Waals surface area contributed by atoms with E-state index < -0.39 is 0 Å². The second kappa shape index (κ2) is 4.76. The maximum absolute atomic E-state index is 11.7. The molecule has 0 bridgehead atoms. The molecule has 1 aromatic carbocycles. The predicted octanol–water partition coefficient (Wildman–Crippen LogP) is 3.47. The van der Waals surface area contributed by atoms with Gasteiger partial charge in [0, 0.05) is 10.2 Å². The lowest BCUT2D eigenvalue weighted by atomic mass is 10.2. The van der Waals surface area contributed by atoms with E-state index in [4.69, 9.17) is 0 Å². The molecule has 0 radical (unpaired) electrons. The SMILES string of the molecule is Cc1ccc(NC(=O)c2cncs2)cc1Br. The molecule has 0 saturated carbocycles. The number of halogens is 1. The Balaban J connectivity index is 2.15. The molecular formula is C11H9BrN2OS. The third-order valence-corrected chi connectivity index (χ3v) is 3.71. The molecule has 0 saturated heterocycles. The molecule has 0 atom stereocenters. The predicted molar refractivity (Wildman–Crippen MR) is 68.9 cm³/mol. The monoisotopic (exact) mass is 296 g/mol. The number of hydrogen-bond donors (Lipinski definition) is 1. The fourth-order valence-electron chi connectivity index (χ4n) is 1.19. The van der Waals surface area contributed by atoms with Crippen molar-refractivity contribution in [3.05, 3.63) is 44.8 Å². The van der Waals surface area contributed by atoms with Gasteiger partial charge in [0.1, 0.15) is 4.88 Å². The summed E-state index contributed by atoms with van der Waals surface area (Å²) in [4.78, 5) is 16.2. The number of benzene rings is 1. The van der Waals surface area contributed by atoms with Crippen LogP contribution in [0, 0.1) is 6.92 Å². The van der Waals surface area contributed by atoms with Gasteiger partial charge < -0.3 is 5.32 Å². The Morgan fingerprint density at radius 1 is 1.50 bits per heavy atom. The van der Waals surface area contributed by atoms with Crippen molar-refractivity contribution in [1.29, 1.82) is 0 Å². The Bertz CT molecular complexity index is 511. The van der Waals surface area contributed by atoms with Crippen LogP contribution in [-0.4, -0.2) is 10.9 Å². The average molecular weight is 297 g/mol. The van der Waals surface area contributed by atoms with Crippen molar-refractivity contribution in [1.82, 2.24) is 4.98 Å². The summed E-state index contributed by atoms with van der Waals surface area (Å²) in [6, 6.07) is 5.71. The van der Waals surface area contributed by atoms with Gasteiger partial charge in [0.15, 0.2) is 0 Å². The number of hydrogen-bond acceptors (Lipinski definition) is 3. The summed E-state index contributed by atoms with van der Waals surface area (Å²) in [5.74, 6) is -0.127. The van der Waals surface area contributed by atoms with Crippen LogP contribution in [0.2, 0.25) is 0 Å². The van der Waals surface area contributed by atoms with Gasteiger partial charge in [-0.05, 0) is 24.6 Å². The first kappa shape index (κ1) is 11.3. The number of anilines is 1. The highest BCUT2D eigenvalue weighted by molar-refractivity contribution is 9.10. The summed E-state index contributed by atoms with van der Waals surface area (Å²) in [5, 5.41) is 2.81. The van der Waals surface area contributed by atoms with E-state index in [1.807, 2.05) is 25.1 Å². The molecule has 5 heteroatoms. The molecule has 3 nitrogen and oxygen atoms in total. The van der Waals surface area contributed by atoms with E-state index >= 15 is 0 Å². The number of rotatable bonds is 2. The van der Waals surface area contributed by atoms with Gasteiger partial charge in [-0.1, -0.05) is 22.0 Å². The Kier molecular flexibility index (Phi) is 3.36. The largest absolute Gasteiger partial charge is 0.321 e. The Labute approximate surface area is 106 Å². The number of nitrogens with zero attached hydrogens (tertiary/aromatic N) is 1. The van der Waals surface area contributed by atoms with Gasteiger partial charge in [-0.3, -0.25) is 9.78 Å². The summed E-state index contributed by atoms with van der Waals surface area (Å²) in [7, 11) is 0. The molecule has 0 aliphatic rings. The summed E-state index contributed by atoms with van der Waals surface area (Å²) >= 11 is 4.75. The highest BCUT2D eigenvalue weighted by Crippen LogP contribution is 2.21. The minimum Gasteiger partial charge on any atom is -0.321 e. The number of thiazole rings is 1. The summed E-state index contributed by atoms with van der Waals surface area (Å²) in [5.41, 5.74) is 3.55. The van der Waals surface area contributed by atoms with E-state index in [-0.39, 0.29) is 5.91 Å².